The van der Waals surface area contributed by atoms with E-state index < -0.39 is 0 Å². The van der Waals surface area contributed by atoms with Crippen molar-refractivity contribution in [2.75, 3.05) is 0 Å². The van der Waals surface area contributed by atoms with Crippen LogP contribution in [-0.4, -0.2) is 9.55 Å². The molecule has 0 N–H and O–H groups in total. The molecule has 1 aliphatic carbocycles. The molecule has 1 aromatic carbocycles. The van der Waals surface area contributed by atoms with Crippen molar-refractivity contribution in [1.82, 2.24) is 9.55 Å². The minimum Gasteiger partial charge on any atom is -0.294 e. The van der Waals surface area contributed by atoms with Crippen LogP contribution in [-0.2, 0) is 19.4 Å². The van der Waals surface area contributed by atoms with Crippen LogP contribution in [0.25, 0.3) is 10.2 Å². The van der Waals surface area contributed by atoms with Gasteiger partial charge in [-0.3, -0.25) is 9.36 Å². The zero-order chi connectivity index (χ0) is 16.8. The fraction of sp³-hybridized carbons (Fsp3) is 0.294. The summed E-state index contributed by atoms with van der Waals surface area (Å²) in [5.41, 5.74) is 1.78. The van der Waals surface area contributed by atoms with E-state index in [4.69, 9.17) is 34.8 Å². The van der Waals surface area contributed by atoms with Crippen LogP contribution in [0.4, 0.5) is 0 Å². The summed E-state index contributed by atoms with van der Waals surface area (Å²) in [6.07, 6.45) is 5.87. The Labute approximate surface area is 157 Å². The van der Waals surface area contributed by atoms with Gasteiger partial charge in [-0.1, -0.05) is 34.8 Å². The molecule has 0 fully saturated rings. The molecule has 0 spiro atoms. The molecule has 3 aromatic rings. The lowest BCUT2D eigenvalue weighted by molar-refractivity contribution is 0.697. The van der Waals surface area contributed by atoms with Gasteiger partial charge in [0, 0.05) is 15.5 Å². The first-order chi connectivity index (χ1) is 11.6. The Bertz CT molecular complexity index is 1010. The van der Waals surface area contributed by atoms with Gasteiger partial charge in [-0.05, 0) is 43.4 Å². The van der Waals surface area contributed by atoms with Crippen LogP contribution >= 0.6 is 46.1 Å². The molecular weight excluding hydrogens is 387 g/mol. The highest BCUT2D eigenvalue weighted by atomic mass is 35.5. The lowest BCUT2D eigenvalue weighted by Gasteiger charge is -2.12. The predicted molar refractivity (Wildman–Crippen MR) is 101 cm³/mol. The van der Waals surface area contributed by atoms with E-state index in [-0.39, 0.29) is 12.1 Å². The molecule has 2 aromatic heterocycles. The first-order valence-corrected chi connectivity index (χ1v) is 9.63. The maximum atomic E-state index is 13.0. The van der Waals surface area contributed by atoms with Gasteiger partial charge < -0.3 is 0 Å². The first kappa shape index (κ1) is 16.4. The van der Waals surface area contributed by atoms with Gasteiger partial charge in [0.1, 0.15) is 4.83 Å². The summed E-state index contributed by atoms with van der Waals surface area (Å²) in [6.45, 7) is 0.255. The Kier molecular flexibility index (Phi) is 4.33. The number of thiophene rings is 1. The van der Waals surface area contributed by atoms with Crippen LogP contribution in [0.15, 0.2) is 23.3 Å². The van der Waals surface area contributed by atoms with Crippen LogP contribution in [0.1, 0.15) is 28.8 Å². The van der Waals surface area contributed by atoms with Crippen molar-refractivity contribution in [3.05, 3.63) is 59.9 Å². The van der Waals surface area contributed by atoms with Crippen LogP contribution in [0, 0.1) is 0 Å². The molecule has 1 aliphatic rings. The molecule has 0 saturated heterocycles. The Morgan fingerprint density at radius 1 is 1.12 bits per heavy atom. The van der Waals surface area contributed by atoms with Gasteiger partial charge in [0.05, 0.1) is 28.3 Å². The van der Waals surface area contributed by atoms with Gasteiger partial charge in [-0.15, -0.1) is 11.3 Å². The molecule has 0 unspecified atom stereocenters. The maximum absolute atomic E-state index is 13.0. The third-order valence-electron chi connectivity index (χ3n) is 4.41. The normalized spacial score (nSPS) is 14.1. The Balaban J connectivity index is 1.86. The molecule has 0 atom stereocenters. The molecule has 3 nitrogen and oxygen atoms in total. The standard InChI is InChI=1S/C17H13Cl3N2OS/c18-11-5-6-12(19)15(20)10(11)7-22-8-21-16-14(17(22)23)9-3-1-2-4-13(9)24-16/h5-6,8H,1-4,7H2. The molecule has 124 valence electrons. The van der Waals surface area contributed by atoms with Crippen LogP contribution in [0.2, 0.25) is 15.1 Å². The number of aryl methyl sites for hydroxylation is 2. The van der Waals surface area contributed by atoms with Gasteiger partial charge >= 0.3 is 0 Å². The highest BCUT2D eigenvalue weighted by Crippen LogP contribution is 2.34. The van der Waals surface area contributed by atoms with Gasteiger partial charge in [-0.2, -0.15) is 0 Å². The average molecular weight is 400 g/mol. The van der Waals surface area contributed by atoms with Crippen molar-refractivity contribution in [3.63, 3.8) is 0 Å². The van der Waals surface area contributed by atoms with Gasteiger partial charge in [0.25, 0.3) is 5.56 Å². The van der Waals surface area contributed by atoms with Gasteiger partial charge in [0.2, 0.25) is 0 Å². The molecule has 7 heteroatoms. The predicted octanol–water partition coefficient (Wildman–Crippen LogP) is 5.35. The largest absolute Gasteiger partial charge is 0.294 e. The van der Waals surface area contributed by atoms with Crippen LogP contribution in [0.5, 0.6) is 0 Å². The average Bonchev–Trinajstić information content (AvgIpc) is 2.96. The van der Waals surface area contributed by atoms with E-state index in [0.717, 1.165) is 29.5 Å². The highest BCUT2D eigenvalue weighted by molar-refractivity contribution is 7.18. The van der Waals surface area contributed by atoms with Crippen molar-refractivity contribution >= 4 is 56.4 Å². The number of hydrogen-bond acceptors (Lipinski definition) is 3. The summed E-state index contributed by atoms with van der Waals surface area (Å²) in [5.74, 6) is 0. The highest BCUT2D eigenvalue weighted by Gasteiger charge is 2.20. The molecule has 2 heterocycles. The molecule has 0 saturated carbocycles. The van der Waals surface area contributed by atoms with E-state index in [1.807, 2.05) is 0 Å². The Hall–Kier alpha value is -1.07. The van der Waals surface area contributed by atoms with Crippen LogP contribution < -0.4 is 5.56 Å². The Morgan fingerprint density at radius 2 is 1.88 bits per heavy atom. The third kappa shape index (κ3) is 2.66. The van der Waals surface area contributed by atoms with E-state index in [9.17, 15) is 4.79 Å². The van der Waals surface area contributed by atoms with E-state index >= 15 is 0 Å². The minimum atomic E-state index is -0.0356. The van der Waals surface area contributed by atoms with Crippen molar-refractivity contribution < 1.29 is 0 Å². The fourth-order valence-corrected chi connectivity index (χ4v) is 5.06. The van der Waals surface area contributed by atoms with E-state index in [1.54, 1.807) is 34.4 Å². The van der Waals surface area contributed by atoms with Crippen molar-refractivity contribution in [1.29, 1.82) is 0 Å². The molecule has 0 aliphatic heterocycles. The number of hydrogen-bond donors (Lipinski definition) is 0. The zero-order valence-corrected chi connectivity index (χ0v) is 15.7. The van der Waals surface area contributed by atoms with E-state index in [0.29, 0.717) is 20.6 Å². The lowest BCUT2D eigenvalue weighted by atomic mass is 9.97. The summed E-state index contributed by atoms with van der Waals surface area (Å²) >= 11 is 20.2. The Morgan fingerprint density at radius 3 is 2.71 bits per heavy atom. The summed E-state index contributed by atoms with van der Waals surface area (Å²) in [6, 6.07) is 3.34. The van der Waals surface area contributed by atoms with E-state index in [1.165, 1.54) is 16.9 Å². The minimum absolute atomic E-state index is 0.0356. The quantitative estimate of drug-likeness (QED) is 0.545. The van der Waals surface area contributed by atoms with Crippen molar-refractivity contribution in [3.8, 4) is 0 Å². The number of fused-ring (bicyclic) bond motifs is 3. The maximum Gasteiger partial charge on any atom is 0.262 e. The monoisotopic (exact) mass is 398 g/mol. The van der Waals surface area contributed by atoms with Crippen LogP contribution in [0.3, 0.4) is 0 Å². The molecular formula is C17H13Cl3N2OS. The second-order valence-corrected chi connectivity index (χ2v) is 8.17. The fourth-order valence-electron chi connectivity index (χ4n) is 3.18. The molecule has 0 amide bonds. The summed E-state index contributed by atoms with van der Waals surface area (Å²) in [5, 5.41) is 2.05. The first-order valence-electron chi connectivity index (χ1n) is 7.68. The van der Waals surface area contributed by atoms with E-state index in [2.05, 4.69) is 4.98 Å². The molecule has 4 rings (SSSR count). The number of nitrogens with zero attached hydrogens (tertiary/aromatic N) is 2. The second kappa shape index (κ2) is 6.34. The topological polar surface area (TPSA) is 34.9 Å². The SMILES string of the molecule is O=c1c2c3c(sc2ncn1Cc1c(Cl)ccc(Cl)c1Cl)CCCC3. The van der Waals surface area contributed by atoms with Crippen molar-refractivity contribution in [2.45, 2.75) is 32.2 Å². The second-order valence-electron chi connectivity index (χ2n) is 5.89. The number of halogens is 3. The molecule has 24 heavy (non-hydrogen) atoms. The summed E-state index contributed by atoms with van der Waals surface area (Å²) in [4.78, 5) is 19.6. The van der Waals surface area contributed by atoms with Gasteiger partial charge in [0.15, 0.2) is 0 Å². The molecule has 0 radical (unpaired) electrons. The lowest BCUT2D eigenvalue weighted by Crippen LogP contribution is -2.22. The number of rotatable bonds is 2. The van der Waals surface area contributed by atoms with Gasteiger partial charge in [-0.25, -0.2) is 4.98 Å². The zero-order valence-electron chi connectivity index (χ0n) is 12.6. The molecule has 0 bridgehead atoms. The smallest absolute Gasteiger partial charge is 0.262 e. The summed E-state index contributed by atoms with van der Waals surface area (Å²) in [7, 11) is 0. The number of benzene rings is 1. The number of aromatic nitrogens is 2. The summed E-state index contributed by atoms with van der Waals surface area (Å²) < 4.78 is 1.56. The van der Waals surface area contributed by atoms with Crippen molar-refractivity contribution in [2.24, 2.45) is 0 Å². The third-order valence-corrected chi connectivity index (χ3v) is 6.81.